The van der Waals surface area contributed by atoms with Crippen LogP contribution < -0.4 is 10.1 Å². The molecule has 42 heavy (non-hydrogen) atoms. The third-order valence-corrected chi connectivity index (χ3v) is 7.73. The molecule has 2 aliphatic heterocycles. The average molecular weight is 605 g/mol. The Morgan fingerprint density at radius 3 is 2.48 bits per heavy atom. The fraction of sp³-hybridized carbons (Fsp3) is 0.500. The SMILES string of the molecule is CCCCOC(=O)N1CCN(C(=O)[C@H](CP(=O)(O)O)NC(=O)c2cc(OC3CCOC3)cc(-c3ccccc3)n2)CC1. The molecule has 2 saturated heterocycles. The molecule has 13 nitrogen and oxygen atoms in total. The van der Waals surface area contributed by atoms with Crippen LogP contribution in [0.1, 0.15) is 36.7 Å². The van der Waals surface area contributed by atoms with Crippen molar-refractivity contribution in [2.75, 3.05) is 52.2 Å². The van der Waals surface area contributed by atoms with Gasteiger partial charge in [0.1, 0.15) is 23.6 Å². The Balaban J connectivity index is 1.49. The molecule has 0 aliphatic carbocycles. The van der Waals surface area contributed by atoms with Crippen LogP contribution >= 0.6 is 7.60 Å². The lowest BCUT2D eigenvalue weighted by atomic mass is 10.1. The molecule has 3 N–H and O–H groups in total. The number of carbonyl (C=O) groups excluding carboxylic acids is 3. The topological polar surface area (TPSA) is 168 Å². The number of amides is 3. The number of ether oxygens (including phenoxy) is 3. The lowest BCUT2D eigenvalue weighted by Crippen LogP contribution is -2.56. The maximum atomic E-state index is 13.4. The molecule has 0 spiro atoms. The zero-order chi connectivity index (χ0) is 30.1. The first-order valence-electron chi connectivity index (χ1n) is 14.0. The van der Waals surface area contributed by atoms with E-state index in [0.717, 1.165) is 18.4 Å². The van der Waals surface area contributed by atoms with E-state index in [-0.39, 0.29) is 38.0 Å². The summed E-state index contributed by atoms with van der Waals surface area (Å²) >= 11 is 0. The Hall–Kier alpha value is -3.51. The average Bonchev–Trinajstić information content (AvgIpc) is 3.49. The molecule has 228 valence electrons. The van der Waals surface area contributed by atoms with Gasteiger partial charge in [-0.05, 0) is 6.42 Å². The predicted octanol–water partition coefficient (Wildman–Crippen LogP) is 2.27. The van der Waals surface area contributed by atoms with Crippen LogP contribution in [0.4, 0.5) is 4.79 Å². The Morgan fingerprint density at radius 2 is 1.83 bits per heavy atom. The second-order valence-corrected chi connectivity index (χ2v) is 11.9. The molecule has 14 heteroatoms. The summed E-state index contributed by atoms with van der Waals surface area (Å²) in [5, 5.41) is 2.48. The maximum absolute atomic E-state index is 13.4. The molecule has 1 unspecified atom stereocenters. The molecular weight excluding hydrogens is 567 g/mol. The smallest absolute Gasteiger partial charge is 0.409 e. The number of unbranched alkanes of at least 4 members (excludes halogenated alkanes) is 1. The molecule has 2 atom stereocenters. The van der Waals surface area contributed by atoms with Gasteiger partial charge in [-0.2, -0.15) is 0 Å². The second kappa shape index (κ2) is 14.6. The van der Waals surface area contributed by atoms with E-state index in [9.17, 15) is 28.7 Å². The van der Waals surface area contributed by atoms with Gasteiger partial charge in [0.05, 0.1) is 31.7 Å². The lowest BCUT2D eigenvalue weighted by molar-refractivity contribution is -0.134. The van der Waals surface area contributed by atoms with Crippen molar-refractivity contribution >= 4 is 25.5 Å². The van der Waals surface area contributed by atoms with Crippen molar-refractivity contribution in [2.45, 2.75) is 38.3 Å². The highest BCUT2D eigenvalue weighted by atomic mass is 31.2. The van der Waals surface area contributed by atoms with Crippen molar-refractivity contribution in [3.8, 4) is 17.0 Å². The van der Waals surface area contributed by atoms with E-state index in [1.807, 2.05) is 37.3 Å². The van der Waals surface area contributed by atoms with Gasteiger partial charge in [-0.3, -0.25) is 14.2 Å². The van der Waals surface area contributed by atoms with E-state index in [2.05, 4.69) is 10.3 Å². The van der Waals surface area contributed by atoms with Crippen LogP contribution in [0.15, 0.2) is 42.5 Å². The number of rotatable bonds is 11. The minimum Gasteiger partial charge on any atom is -0.488 e. The van der Waals surface area contributed by atoms with Crippen LogP contribution in [-0.2, 0) is 18.8 Å². The summed E-state index contributed by atoms with van der Waals surface area (Å²) in [5.41, 5.74) is 1.11. The van der Waals surface area contributed by atoms with Crippen molar-refractivity contribution in [3.05, 3.63) is 48.2 Å². The predicted molar refractivity (Wildman–Crippen MR) is 152 cm³/mol. The first-order chi connectivity index (χ1) is 20.1. The lowest BCUT2D eigenvalue weighted by Gasteiger charge is -2.36. The largest absolute Gasteiger partial charge is 0.488 e. The highest BCUT2D eigenvalue weighted by molar-refractivity contribution is 7.51. The number of nitrogens with zero attached hydrogens (tertiary/aromatic N) is 3. The van der Waals surface area contributed by atoms with Crippen LogP contribution in [0.3, 0.4) is 0 Å². The number of pyridine rings is 1. The Morgan fingerprint density at radius 1 is 1.12 bits per heavy atom. The Bertz CT molecular complexity index is 1280. The highest BCUT2D eigenvalue weighted by Gasteiger charge is 2.35. The normalized spacial score (nSPS) is 17.9. The second-order valence-electron chi connectivity index (χ2n) is 10.2. The molecule has 2 aromatic rings. The number of piperazine rings is 1. The van der Waals surface area contributed by atoms with E-state index >= 15 is 0 Å². The zero-order valence-electron chi connectivity index (χ0n) is 23.5. The quantitative estimate of drug-likeness (QED) is 0.256. The van der Waals surface area contributed by atoms with Crippen LogP contribution in [0.5, 0.6) is 5.75 Å². The minimum absolute atomic E-state index is 0.0755. The van der Waals surface area contributed by atoms with Gasteiger partial charge in [-0.25, -0.2) is 9.78 Å². The van der Waals surface area contributed by atoms with Gasteiger partial charge in [-0.15, -0.1) is 0 Å². The molecule has 1 aromatic carbocycles. The number of carbonyl (C=O) groups is 3. The van der Waals surface area contributed by atoms with Crippen molar-refractivity contribution in [1.82, 2.24) is 20.1 Å². The van der Waals surface area contributed by atoms with Gasteiger partial charge in [0.15, 0.2) is 0 Å². The van der Waals surface area contributed by atoms with Crippen LogP contribution in [0.25, 0.3) is 11.3 Å². The number of hydrogen-bond donors (Lipinski definition) is 3. The van der Waals surface area contributed by atoms with E-state index in [1.165, 1.54) is 15.9 Å². The summed E-state index contributed by atoms with van der Waals surface area (Å²) in [4.78, 5) is 65.8. The van der Waals surface area contributed by atoms with Crippen LogP contribution in [-0.4, -0.2) is 107 Å². The van der Waals surface area contributed by atoms with E-state index in [1.54, 1.807) is 6.07 Å². The summed E-state index contributed by atoms with van der Waals surface area (Å²) in [6.45, 7) is 3.91. The van der Waals surface area contributed by atoms with Crippen molar-refractivity contribution in [3.63, 3.8) is 0 Å². The molecule has 2 aliphatic rings. The van der Waals surface area contributed by atoms with Crippen molar-refractivity contribution in [1.29, 1.82) is 0 Å². The van der Waals surface area contributed by atoms with Gasteiger partial charge in [0.2, 0.25) is 5.91 Å². The Labute approximate surface area is 244 Å². The number of nitrogens with one attached hydrogen (secondary N) is 1. The molecule has 3 amide bonds. The summed E-state index contributed by atoms with van der Waals surface area (Å²) in [7, 11) is -4.71. The molecular formula is C28H37N4O9P. The van der Waals surface area contributed by atoms with Crippen molar-refractivity contribution < 1.29 is 42.9 Å². The standard InChI is InChI=1S/C28H37N4O9P/c1-2-3-14-40-28(35)32-12-10-31(11-13-32)27(34)25(19-42(36,37)38)30-26(33)24-17-22(41-21-9-15-39-18-21)16-23(29-24)20-7-5-4-6-8-20/h4-8,16-17,21,25H,2-3,9-15,18-19H2,1H3,(H,30,33)(H2,36,37,38)/t21?,25-/m0/s1. The molecule has 1 aromatic heterocycles. The van der Waals surface area contributed by atoms with E-state index in [0.29, 0.717) is 37.7 Å². The van der Waals surface area contributed by atoms with Gasteiger partial charge in [0.25, 0.3) is 5.91 Å². The zero-order valence-corrected chi connectivity index (χ0v) is 24.4. The highest BCUT2D eigenvalue weighted by Crippen LogP contribution is 2.35. The molecule has 4 rings (SSSR count). The summed E-state index contributed by atoms with van der Waals surface area (Å²) in [5.74, 6) is -1.07. The number of benzene rings is 1. The van der Waals surface area contributed by atoms with E-state index < -0.39 is 37.7 Å². The molecule has 0 bridgehead atoms. The Kier molecular flexibility index (Phi) is 10.9. The van der Waals surface area contributed by atoms with Crippen LogP contribution in [0.2, 0.25) is 0 Å². The van der Waals surface area contributed by atoms with Gasteiger partial charge < -0.3 is 39.1 Å². The van der Waals surface area contributed by atoms with E-state index in [4.69, 9.17) is 14.2 Å². The summed E-state index contributed by atoms with van der Waals surface area (Å²) < 4.78 is 28.6. The van der Waals surface area contributed by atoms with Gasteiger partial charge in [0, 0.05) is 50.3 Å². The third kappa shape index (κ3) is 8.99. The summed E-state index contributed by atoms with van der Waals surface area (Å²) in [6.07, 6.45) is 0.767. The molecule has 0 radical (unpaired) electrons. The first-order valence-corrected chi connectivity index (χ1v) is 15.8. The summed E-state index contributed by atoms with van der Waals surface area (Å²) in [6, 6.07) is 10.8. The fourth-order valence-corrected chi connectivity index (χ4v) is 5.35. The maximum Gasteiger partial charge on any atom is 0.409 e. The number of hydrogen-bond acceptors (Lipinski definition) is 8. The molecule has 0 saturated carbocycles. The first kappa shape index (κ1) is 31.4. The number of aromatic nitrogens is 1. The minimum atomic E-state index is -4.71. The van der Waals surface area contributed by atoms with Gasteiger partial charge in [-0.1, -0.05) is 43.7 Å². The van der Waals surface area contributed by atoms with Crippen LogP contribution in [0, 0.1) is 0 Å². The monoisotopic (exact) mass is 604 g/mol. The molecule has 2 fully saturated rings. The third-order valence-electron chi connectivity index (χ3n) is 6.89. The fourth-order valence-electron chi connectivity index (χ4n) is 4.63. The van der Waals surface area contributed by atoms with Gasteiger partial charge >= 0.3 is 13.7 Å². The van der Waals surface area contributed by atoms with Crippen molar-refractivity contribution in [2.24, 2.45) is 0 Å². The molecule has 3 heterocycles.